The number of unbranched alkanes of at least 4 members (excludes halogenated alkanes) is 33. The number of hydrogen-bond donors (Lipinski definition) is 0. The first-order valence-electron chi connectivity index (χ1n) is 29.3. The van der Waals surface area contributed by atoms with E-state index in [0.29, 0.717) is 19.3 Å². The fourth-order valence-corrected chi connectivity index (χ4v) is 8.31. The maximum atomic E-state index is 12.9. The third-order valence-electron chi connectivity index (χ3n) is 12.8. The predicted octanol–water partition coefficient (Wildman–Crippen LogP) is 19.6. The van der Waals surface area contributed by atoms with Crippen LogP contribution in [0.15, 0.2) is 60.8 Å². The lowest BCUT2D eigenvalue weighted by atomic mass is 10.1. The first kappa shape index (κ1) is 65.1. The van der Waals surface area contributed by atoms with E-state index in [0.717, 1.165) is 64.2 Å². The summed E-state index contributed by atoms with van der Waals surface area (Å²) in [6.07, 6.45) is 70.8. The molecule has 0 N–H and O–H groups in total. The molecule has 0 aromatic carbocycles. The Kier molecular flexibility index (Phi) is 54.3. The Hall–Kier alpha value is -2.89. The van der Waals surface area contributed by atoms with Crippen LogP contribution in [0.1, 0.15) is 297 Å². The second-order valence-corrected chi connectivity index (χ2v) is 19.6. The first-order chi connectivity index (χ1) is 33.5. The van der Waals surface area contributed by atoms with Crippen molar-refractivity contribution in [2.45, 2.75) is 303 Å². The van der Waals surface area contributed by atoms with Gasteiger partial charge in [0.2, 0.25) is 0 Å². The summed E-state index contributed by atoms with van der Waals surface area (Å²) in [7, 11) is 0. The van der Waals surface area contributed by atoms with Crippen LogP contribution in [0.4, 0.5) is 0 Å². The second kappa shape index (κ2) is 56.7. The summed E-state index contributed by atoms with van der Waals surface area (Å²) in [5, 5.41) is 0. The Morgan fingerprint density at radius 2 is 0.603 bits per heavy atom. The minimum Gasteiger partial charge on any atom is -0.462 e. The molecular weight excluding hydrogens is 841 g/mol. The van der Waals surface area contributed by atoms with Gasteiger partial charge in [0.25, 0.3) is 0 Å². The highest BCUT2D eigenvalue weighted by atomic mass is 16.6. The van der Waals surface area contributed by atoms with Crippen LogP contribution in [0.2, 0.25) is 0 Å². The van der Waals surface area contributed by atoms with E-state index in [1.54, 1.807) is 0 Å². The van der Waals surface area contributed by atoms with Crippen molar-refractivity contribution in [1.82, 2.24) is 0 Å². The standard InChI is InChI=1S/C62H110O6/c1-4-7-10-13-16-19-22-25-27-29-31-33-34-37-40-43-46-49-52-55-61(64)67-58-59(57-66-60(63)54-51-48-45-42-39-36-24-21-18-15-12-9-6-3)68-62(65)56-53-50-47-44-41-38-35-32-30-28-26-23-20-17-14-11-8-5-2/h16,19,22,25,32,35-36,39,45,48,59H,4-15,17-18,20-21,23-24,26-31,33-34,37-38,40-44,46-47,49-58H2,1-3H3/b19-16-,25-22-,35-32-,39-36-,48-45-. The summed E-state index contributed by atoms with van der Waals surface area (Å²) in [5.74, 6) is -0.967. The highest BCUT2D eigenvalue weighted by molar-refractivity contribution is 5.71. The van der Waals surface area contributed by atoms with Crippen LogP contribution in [0, 0.1) is 0 Å². The van der Waals surface area contributed by atoms with Gasteiger partial charge in [0.15, 0.2) is 6.10 Å². The molecule has 0 amide bonds. The van der Waals surface area contributed by atoms with E-state index in [1.165, 1.54) is 186 Å². The van der Waals surface area contributed by atoms with E-state index < -0.39 is 6.10 Å². The molecule has 0 spiro atoms. The molecule has 0 saturated heterocycles. The molecule has 394 valence electrons. The zero-order valence-corrected chi connectivity index (χ0v) is 45.1. The van der Waals surface area contributed by atoms with Gasteiger partial charge < -0.3 is 14.2 Å². The van der Waals surface area contributed by atoms with Crippen LogP contribution in [0.25, 0.3) is 0 Å². The number of esters is 3. The molecular formula is C62H110O6. The van der Waals surface area contributed by atoms with Crippen molar-refractivity contribution in [3.05, 3.63) is 60.8 Å². The summed E-state index contributed by atoms with van der Waals surface area (Å²) in [6.45, 7) is 6.57. The Morgan fingerprint density at radius 1 is 0.309 bits per heavy atom. The van der Waals surface area contributed by atoms with Crippen molar-refractivity contribution in [3.8, 4) is 0 Å². The van der Waals surface area contributed by atoms with Crippen LogP contribution in [0.5, 0.6) is 0 Å². The molecule has 0 aromatic heterocycles. The lowest BCUT2D eigenvalue weighted by Crippen LogP contribution is -2.30. The monoisotopic (exact) mass is 951 g/mol. The minimum atomic E-state index is -0.802. The smallest absolute Gasteiger partial charge is 0.306 e. The Balaban J connectivity index is 4.40. The molecule has 0 aliphatic heterocycles. The van der Waals surface area contributed by atoms with Crippen molar-refractivity contribution < 1.29 is 28.6 Å². The van der Waals surface area contributed by atoms with E-state index in [9.17, 15) is 14.4 Å². The molecule has 6 nitrogen and oxygen atoms in total. The third kappa shape index (κ3) is 54.1. The van der Waals surface area contributed by atoms with Gasteiger partial charge in [-0.15, -0.1) is 0 Å². The highest BCUT2D eigenvalue weighted by Gasteiger charge is 2.19. The van der Waals surface area contributed by atoms with Gasteiger partial charge in [0.1, 0.15) is 13.2 Å². The van der Waals surface area contributed by atoms with Crippen LogP contribution >= 0.6 is 0 Å². The van der Waals surface area contributed by atoms with Gasteiger partial charge in [-0.3, -0.25) is 14.4 Å². The minimum absolute atomic E-state index is 0.0953. The highest BCUT2D eigenvalue weighted by Crippen LogP contribution is 2.15. The van der Waals surface area contributed by atoms with Gasteiger partial charge in [-0.25, -0.2) is 0 Å². The Labute approximate surface area is 421 Å². The average Bonchev–Trinajstić information content (AvgIpc) is 3.34. The summed E-state index contributed by atoms with van der Waals surface area (Å²) in [5.41, 5.74) is 0. The number of ether oxygens (including phenoxy) is 3. The SMILES string of the molecule is CCCCC/C=C\C=C/CCCCCCCCCCCCC(=O)OCC(COC(=O)CC/C=C\C/C=C\CCCCCCCC)OC(=O)CCCCCCC/C=C\CCCCCCCCCCC. The summed E-state index contributed by atoms with van der Waals surface area (Å²) in [6, 6.07) is 0. The summed E-state index contributed by atoms with van der Waals surface area (Å²) >= 11 is 0. The van der Waals surface area contributed by atoms with Crippen LogP contribution < -0.4 is 0 Å². The number of rotatable bonds is 53. The fourth-order valence-electron chi connectivity index (χ4n) is 8.31. The fraction of sp³-hybridized carbons (Fsp3) is 0.790. The first-order valence-corrected chi connectivity index (χ1v) is 29.3. The normalized spacial score (nSPS) is 12.5. The summed E-state index contributed by atoms with van der Waals surface area (Å²) in [4.78, 5) is 38.1. The predicted molar refractivity (Wildman–Crippen MR) is 293 cm³/mol. The topological polar surface area (TPSA) is 78.9 Å². The molecule has 1 atom stereocenters. The molecule has 6 heteroatoms. The second-order valence-electron chi connectivity index (χ2n) is 19.6. The third-order valence-corrected chi connectivity index (χ3v) is 12.8. The number of carbonyl (C=O) groups is 3. The molecule has 0 heterocycles. The molecule has 0 saturated carbocycles. The molecule has 68 heavy (non-hydrogen) atoms. The van der Waals surface area contributed by atoms with Crippen molar-refractivity contribution in [2.24, 2.45) is 0 Å². The molecule has 0 rings (SSSR count). The van der Waals surface area contributed by atoms with Crippen LogP contribution in [0.3, 0.4) is 0 Å². The molecule has 0 fully saturated rings. The maximum Gasteiger partial charge on any atom is 0.306 e. The molecule has 1 unspecified atom stereocenters. The van der Waals surface area contributed by atoms with Crippen molar-refractivity contribution in [2.75, 3.05) is 13.2 Å². The quantitative estimate of drug-likeness (QED) is 0.0199. The molecule has 0 aliphatic rings. The van der Waals surface area contributed by atoms with Crippen molar-refractivity contribution >= 4 is 17.9 Å². The molecule has 0 aromatic rings. The molecule has 0 aliphatic carbocycles. The van der Waals surface area contributed by atoms with E-state index in [4.69, 9.17) is 14.2 Å². The van der Waals surface area contributed by atoms with E-state index >= 15 is 0 Å². The zero-order valence-electron chi connectivity index (χ0n) is 45.1. The van der Waals surface area contributed by atoms with Crippen molar-refractivity contribution in [1.29, 1.82) is 0 Å². The Morgan fingerprint density at radius 3 is 1.03 bits per heavy atom. The van der Waals surface area contributed by atoms with Gasteiger partial charge in [-0.05, 0) is 89.9 Å². The van der Waals surface area contributed by atoms with Gasteiger partial charge >= 0.3 is 17.9 Å². The van der Waals surface area contributed by atoms with Gasteiger partial charge in [0, 0.05) is 19.3 Å². The number of carbonyl (C=O) groups excluding carboxylic acids is 3. The van der Waals surface area contributed by atoms with Gasteiger partial charge in [-0.1, -0.05) is 248 Å². The van der Waals surface area contributed by atoms with E-state index in [-0.39, 0.29) is 37.5 Å². The van der Waals surface area contributed by atoms with Crippen molar-refractivity contribution in [3.63, 3.8) is 0 Å². The van der Waals surface area contributed by atoms with E-state index in [2.05, 4.69) is 75.5 Å². The Bertz CT molecular complexity index is 1230. The number of allylic oxidation sites excluding steroid dienone is 10. The number of hydrogen-bond acceptors (Lipinski definition) is 6. The van der Waals surface area contributed by atoms with Gasteiger partial charge in [0.05, 0.1) is 0 Å². The lowest BCUT2D eigenvalue weighted by molar-refractivity contribution is -0.166. The van der Waals surface area contributed by atoms with E-state index in [1.807, 2.05) is 6.08 Å². The maximum absolute atomic E-state index is 12.9. The largest absolute Gasteiger partial charge is 0.462 e. The zero-order chi connectivity index (χ0) is 49.3. The van der Waals surface area contributed by atoms with Crippen LogP contribution in [-0.2, 0) is 28.6 Å². The van der Waals surface area contributed by atoms with Gasteiger partial charge in [-0.2, -0.15) is 0 Å². The summed E-state index contributed by atoms with van der Waals surface area (Å²) < 4.78 is 16.8. The molecule has 0 radical (unpaired) electrons. The van der Waals surface area contributed by atoms with Crippen LogP contribution in [-0.4, -0.2) is 37.2 Å². The lowest BCUT2D eigenvalue weighted by Gasteiger charge is -2.18. The average molecular weight is 952 g/mol. The molecule has 0 bridgehead atoms.